The van der Waals surface area contributed by atoms with Gasteiger partial charge >= 0.3 is 6.09 Å². The Balaban J connectivity index is 1.36. The molecular weight excluding hydrogens is 687 g/mol. The summed E-state index contributed by atoms with van der Waals surface area (Å²) < 4.78 is 38.5. The zero-order valence-corrected chi connectivity index (χ0v) is 30.8. The first kappa shape index (κ1) is 38.4. The van der Waals surface area contributed by atoms with E-state index in [2.05, 4.69) is 20.6 Å². The van der Waals surface area contributed by atoms with Crippen LogP contribution < -0.4 is 10.6 Å². The Labute approximate surface area is 304 Å². The van der Waals surface area contributed by atoms with E-state index < -0.39 is 69.0 Å². The molecule has 4 aromatic rings. The number of nitrogens with zero attached hydrogens (tertiary/aromatic N) is 3. The number of aromatic nitrogens is 2. The number of fused-ring (bicyclic) bond motifs is 1. The van der Waals surface area contributed by atoms with Crippen LogP contribution in [0.25, 0.3) is 11.1 Å². The van der Waals surface area contributed by atoms with Crippen LogP contribution in [0.1, 0.15) is 68.8 Å². The Kier molecular flexibility index (Phi) is 12.3. The maximum atomic E-state index is 14.1. The molecule has 13 nitrogen and oxygen atoms in total. The third-order valence-corrected chi connectivity index (χ3v) is 10.5. The van der Waals surface area contributed by atoms with Crippen LogP contribution in [0.4, 0.5) is 4.79 Å². The summed E-state index contributed by atoms with van der Waals surface area (Å²) in [5.74, 6) is -3.01. The zero-order chi connectivity index (χ0) is 37.5. The third-order valence-electron chi connectivity index (χ3n) is 8.90. The lowest BCUT2D eigenvalue weighted by molar-refractivity contribution is -0.132. The predicted molar refractivity (Wildman–Crippen MR) is 195 cm³/mol. The molecule has 0 saturated carbocycles. The molecule has 0 bridgehead atoms. The molecule has 5 rings (SSSR count). The van der Waals surface area contributed by atoms with Crippen molar-refractivity contribution in [3.63, 3.8) is 0 Å². The third kappa shape index (κ3) is 10.6. The number of amides is 3. The average Bonchev–Trinajstić information content (AvgIpc) is 3.54. The normalized spacial score (nSPS) is 15.8. The van der Waals surface area contributed by atoms with E-state index in [-0.39, 0.29) is 25.4 Å². The van der Waals surface area contributed by atoms with E-state index in [1.165, 1.54) is 11.1 Å². The average molecular weight is 734 g/mol. The summed E-state index contributed by atoms with van der Waals surface area (Å²) in [5.41, 5.74) is 2.30. The van der Waals surface area contributed by atoms with Gasteiger partial charge in [0.25, 0.3) is 0 Å². The minimum atomic E-state index is -4.00. The van der Waals surface area contributed by atoms with Crippen molar-refractivity contribution in [2.75, 3.05) is 18.8 Å². The highest BCUT2D eigenvalue weighted by Crippen LogP contribution is 2.25. The molecule has 3 heterocycles. The minimum Gasteiger partial charge on any atom is -0.444 e. The Morgan fingerprint density at radius 2 is 1.69 bits per heavy atom. The Bertz CT molecular complexity index is 1920. The number of aliphatic hydroxyl groups is 1. The number of hydrogen-bond donors (Lipinski definition) is 3. The van der Waals surface area contributed by atoms with Crippen LogP contribution in [0.5, 0.6) is 0 Å². The lowest BCUT2D eigenvalue weighted by atomic mass is 9.95. The summed E-state index contributed by atoms with van der Waals surface area (Å²) in [5, 5.41) is 17.1. The van der Waals surface area contributed by atoms with Gasteiger partial charge in [0.05, 0.1) is 23.2 Å². The molecule has 1 aliphatic rings. The first-order chi connectivity index (χ1) is 24.7. The number of likely N-dealkylation sites (tertiary alicyclic amines) is 1. The number of aryl methyl sites for hydroxylation is 2. The maximum absolute atomic E-state index is 14.1. The van der Waals surface area contributed by atoms with Crippen molar-refractivity contribution in [2.24, 2.45) is 5.92 Å². The molecule has 14 heteroatoms. The monoisotopic (exact) mass is 733 g/mol. The van der Waals surface area contributed by atoms with Crippen LogP contribution in [0.15, 0.2) is 77.3 Å². The second-order valence-electron chi connectivity index (χ2n) is 14.2. The van der Waals surface area contributed by atoms with Crippen LogP contribution in [-0.4, -0.2) is 82.8 Å². The van der Waals surface area contributed by atoms with Crippen LogP contribution in [0.2, 0.25) is 0 Å². The van der Waals surface area contributed by atoms with E-state index in [0.717, 1.165) is 5.56 Å². The number of pyridine rings is 1. The Hall–Kier alpha value is -4.82. The quantitative estimate of drug-likeness (QED) is 0.178. The summed E-state index contributed by atoms with van der Waals surface area (Å²) in [7, 11) is -4.00. The number of sulfone groups is 1. The van der Waals surface area contributed by atoms with Crippen LogP contribution in [0, 0.1) is 12.8 Å². The SMILES string of the molecule is Cc1cccnc1CS(=O)(=O)C[C@H](NC(=O)C1CCN(C(=O)OC(C)(C)C)CC1)C(=O)N[C@@H](CCc1ccccc1)C(O)c1nc2ccccc2o1. The van der Waals surface area contributed by atoms with Crippen molar-refractivity contribution >= 4 is 38.8 Å². The van der Waals surface area contributed by atoms with E-state index in [9.17, 15) is 27.9 Å². The van der Waals surface area contributed by atoms with Crippen molar-refractivity contribution in [2.45, 2.75) is 82.9 Å². The van der Waals surface area contributed by atoms with Gasteiger partial charge in [0.1, 0.15) is 17.2 Å². The number of para-hydroxylation sites is 2. The molecule has 1 fully saturated rings. The highest BCUT2D eigenvalue weighted by Gasteiger charge is 2.36. The number of nitrogens with one attached hydrogen (secondary N) is 2. The van der Waals surface area contributed by atoms with E-state index in [1.54, 1.807) is 64.1 Å². The van der Waals surface area contributed by atoms with Crippen molar-refractivity contribution in [3.8, 4) is 0 Å². The molecule has 1 aliphatic heterocycles. The van der Waals surface area contributed by atoms with Gasteiger partial charge in [-0.2, -0.15) is 0 Å². The standard InChI is InChI=1S/C38H47N5O8S/c1-25-11-10-20-39-30(25)23-52(48,49)24-31(41-34(45)27-18-21-43(22-19-27)37(47)51-38(2,3)4)35(46)40-29(17-16-26-12-6-5-7-13-26)33(44)36-42-28-14-8-9-15-32(28)50-36/h5-15,20,27,29,31,33,44H,16-19,21-24H2,1-4H3,(H,40,46)(H,41,45)/t29-,31-,33?/m0/s1. The summed E-state index contributed by atoms with van der Waals surface area (Å²) in [6, 6.07) is 17.5. The van der Waals surface area contributed by atoms with Gasteiger partial charge in [-0.1, -0.05) is 48.5 Å². The molecule has 2 aromatic carbocycles. The van der Waals surface area contributed by atoms with E-state index in [4.69, 9.17) is 9.15 Å². The van der Waals surface area contributed by atoms with E-state index in [0.29, 0.717) is 41.6 Å². The van der Waals surface area contributed by atoms with Crippen LogP contribution in [0.3, 0.4) is 0 Å². The summed E-state index contributed by atoms with van der Waals surface area (Å²) >= 11 is 0. The summed E-state index contributed by atoms with van der Waals surface area (Å²) in [6.45, 7) is 7.60. The highest BCUT2D eigenvalue weighted by atomic mass is 32.2. The first-order valence-electron chi connectivity index (χ1n) is 17.4. The number of rotatable bonds is 13. The zero-order valence-electron chi connectivity index (χ0n) is 29.9. The summed E-state index contributed by atoms with van der Waals surface area (Å²) in [6.07, 6.45) is 0.954. The van der Waals surface area contributed by atoms with Gasteiger partial charge in [-0.3, -0.25) is 14.6 Å². The molecular formula is C38H47N5O8S. The molecule has 0 spiro atoms. The number of carbonyl (C=O) groups is 3. The maximum Gasteiger partial charge on any atom is 0.410 e. The number of ether oxygens (including phenoxy) is 1. The second kappa shape index (κ2) is 16.7. The van der Waals surface area contributed by atoms with Crippen LogP contribution in [-0.2, 0) is 36.3 Å². The molecule has 3 N–H and O–H groups in total. The largest absolute Gasteiger partial charge is 0.444 e. The first-order valence-corrected chi connectivity index (χ1v) is 19.3. The fourth-order valence-electron chi connectivity index (χ4n) is 6.06. The van der Waals surface area contributed by atoms with Gasteiger partial charge in [0.15, 0.2) is 21.5 Å². The van der Waals surface area contributed by atoms with Gasteiger partial charge < -0.3 is 29.8 Å². The molecule has 0 aliphatic carbocycles. The highest BCUT2D eigenvalue weighted by molar-refractivity contribution is 7.90. The van der Waals surface area contributed by atoms with E-state index in [1.807, 2.05) is 30.3 Å². The van der Waals surface area contributed by atoms with E-state index >= 15 is 0 Å². The number of carbonyl (C=O) groups excluding carboxylic acids is 3. The molecule has 3 amide bonds. The van der Waals surface area contributed by atoms with Gasteiger partial charge in [0, 0.05) is 25.2 Å². The smallest absolute Gasteiger partial charge is 0.410 e. The topological polar surface area (TPSA) is 181 Å². The van der Waals surface area contributed by atoms with Crippen LogP contribution >= 0.6 is 0 Å². The van der Waals surface area contributed by atoms with Crippen molar-refractivity contribution in [1.82, 2.24) is 25.5 Å². The lowest BCUT2D eigenvalue weighted by Crippen LogP contribution is -2.55. The van der Waals surface area contributed by atoms with Gasteiger partial charge in [-0.15, -0.1) is 0 Å². The van der Waals surface area contributed by atoms with Gasteiger partial charge in [0.2, 0.25) is 17.7 Å². The lowest BCUT2D eigenvalue weighted by Gasteiger charge is -2.33. The predicted octanol–water partition coefficient (Wildman–Crippen LogP) is 4.43. The van der Waals surface area contributed by atoms with Crippen molar-refractivity contribution < 1.29 is 37.1 Å². The fraction of sp³-hybridized carbons (Fsp3) is 0.447. The number of aliphatic hydroxyl groups excluding tert-OH is 1. The Morgan fingerprint density at radius 1 is 1.00 bits per heavy atom. The number of oxazole rings is 1. The molecule has 278 valence electrons. The molecule has 1 unspecified atom stereocenters. The van der Waals surface area contributed by atoms with Gasteiger partial charge in [-0.25, -0.2) is 18.2 Å². The molecule has 2 aromatic heterocycles. The van der Waals surface area contributed by atoms with Crippen molar-refractivity contribution in [1.29, 1.82) is 0 Å². The number of hydrogen-bond acceptors (Lipinski definition) is 10. The summed E-state index contributed by atoms with van der Waals surface area (Å²) in [4.78, 5) is 50.5. The molecule has 0 radical (unpaired) electrons. The number of benzene rings is 2. The molecule has 52 heavy (non-hydrogen) atoms. The minimum absolute atomic E-state index is 0.00450. The molecule has 1 saturated heterocycles. The number of piperidine rings is 1. The van der Waals surface area contributed by atoms with Gasteiger partial charge in [-0.05, 0) is 82.7 Å². The fourth-order valence-corrected chi connectivity index (χ4v) is 7.64. The Morgan fingerprint density at radius 3 is 2.37 bits per heavy atom. The van der Waals surface area contributed by atoms with Crippen molar-refractivity contribution in [3.05, 3.63) is 95.6 Å². The second-order valence-corrected chi connectivity index (χ2v) is 16.3. The molecule has 3 atom stereocenters.